The number of rotatable bonds is 4. The molecule has 4 nitrogen and oxygen atoms in total. The van der Waals surface area contributed by atoms with Gasteiger partial charge in [-0.2, -0.15) is 5.10 Å². The fraction of sp³-hybridized carbons (Fsp3) is 0.769. The van der Waals surface area contributed by atoms with Crippen molar-refractivity contribution in [3.63, 3.8) is 0 Å². The molecule has 1 aliphatic heterocycles. The second-order valence-electron chi connectivity index (χ2n) is 5.45. The fourth-order valence-electron chi connectivity index (χ4n) is 2.24. The zero-order valence-corrected chi connectivity index (χ0v) is 11.2. The van der Waals surface area contributed by atoms with Crippen LogP contribution in [0.1, 0.15) is 31.5 Å². The van der Waals surface area contributed by atoms with E-state index in [4.69, 9.17) is 0 Å². The molecule has 1 N–H and O–H groups in total. The minimum Gasteiger partial charge on any atom is -0.308 e. The van der Waals surface area contributed by atoms with Crippen molar-refractivity contribution in [3.05, 3.63) is 18.0 Å². The first-order chi connectivity index (χ1) is 8.15. The van der Waals surface area contributed by atoms with Gasteiger partial charge in [0, 0.05) is 12.7 Å². The summed E-state index contributed by atoms with van der Waals surface area (Å²) in [5, 5.41) is 8.24. The molecule has 0 bridgehead atoms. The van der Waals surface area contributed by atoms with Crippen LogP contribution in [0.25, 0.3) is 0 Å². The average Bonchev–Trinajstić information content (AvgIpc) is 2.76. The second-order valence-corrected chi connectivity index (χ2v) is 5.45. The summed E-state index contributed by atoms with van der Waals surface area (Å²) in [6.45, 7) is 5.43. The Hall–Kier alpha value is -0.870. The molecule has 0 amide bonds. The van der Waals surface area contributed by atoms with Crippen LogP contribution in [-0.2, 0) is 6.54 Å². The van der Waals surface area contributed by atoms with Gasteiger partial charge in [0.05, 0.1) is 18.3 Å². The number of aromatic nitrogens is 2. The Kier molecular flexibility index (Phi) is 4.18. The van der Waals surface area contributed by atoms with Crippen LogP contribution >= 0.6 is 0 Å². The van der Waals surface area contributed by atoms with E-state index in [2.05, 4.69) is 53.3 Å². The second kappa shape index (κ2) is 5.65. The Balaban J connectivity index is 1.89. The lowest BCUT2D eigenvalue weighted by atomic mass is 9.95. The smallest absolute Gasteiger partial charge is 0.0793 e. The molecule has 2 heterocycles. The molecule has 2 rings (SSSR count). The zero-order valence-electron chi connectivity index (χ0n) is 11.2. The van der Waals surface area contributed by atoms with Crippen molar-refractivity contribution in [2.45, 2.75) is 32.4 Å². The van der Waals surface area contributed by atoms with E-state index in [1.54, 1.807) is 0 Å². The predicted molar refractivity (Wildman–Crippen MR) is 69.9 cm³/mol. The normalized spacial score (nSPS) is 25.4. The van der Waals surface area contributed by atoms with Gasteiger partial charge in [-0.25, -0.2) is 0 Å². The molecule has 1 aromatic rings. The molecule has 0 saturated carbocycles. The number of hydrogen-bond donors (Lipinski definition) is 1. The maximum Gasteiger partial charge on any atom is 0.0793 e. The zero-order chi connectivity index (χ0) is 12.3. The standard InChI is InChI=1S/C13H24N4/c1-11-4-5-12(14-10-11)13-6-7-17(15-13)9-8-16(2)3/h6-7,11-12,14H,4-5,8-10H2,1-3H3/t11-,12+/m0/s1. The summed E-state index contributed by atoms with van der Waals surface area (Å²) in [5.41, 5.74) is 1.20. The Morgan fingerprint density at radius 2 is 2.29 bits per heavy atom. The largest absolute Gasteiger partial charge is 0.308 e. The minimum absolute atomic E-state index is 0.465. The van der Waals surface area contributed by atoms with Crippen LogP contribution in [0.3, 0.4) is 0 Å². The first kappa shape index (κ1) is 12.6. The molecule has 0 spiro atoms. The van der Waals surface area contributed by atoms with E-state index in [0.29, 0.717) is 6.04 Å². The van der Waals surface area contributed by atoms with Gasteiger partial charge in [0.15, 0.2) is 0 Å². The summed E-state index contributed by atoms with van der Waals surface area (Å²) >= 11 is 0. The van der Waals surface area contributed by atoms with Crippen molar-refractivity contribution in [1.29, 1.82) is 0 Å². The van der Waals surface area contributed by atoms with Crippen LogP contribution in [-0.4, -0.2) is 41.9 Å². The highest BCUT2D eigenvalue weighted by molar-refractivity contribution is 5.06. The maximum atomic E-state index is 4.66. The van der Waals surface area contributed by atoms with Crippen molar-refractivity contribution in [2.75, 3.05) is 27.2 Å². The molecule has 1 aliphatic rings. The Labute approximate surface area is 104 Å². The van der Waals surface area contributed by atoms with E-state index < -0.39 is 0 Å². The van der Waals surface area contributed by atoms with Gasteiger partial charge in [0.25, 0.3) is 0 Å². The fourth-order valence-corrected chi connectivity index (χ4v) is 2.24. The summed E-state index contributed by atoms with van der Waals surface area (Å²) in [6, 6.07) is 2.62. The monoisotopic (exact) mass is 236 g/mol. The highest BCUT2D eigenvalue weighted by Crippen LogP contribution is 2.24. The summed E-state index contributed by atoms with van der Waals surface area (Å²) in [7, 11) is 4.18. The SMILES string of the molecule is C[C@H]1CC[C@H](c2ccn(CCN(C)C)n2)NC1. The first-order valence-corrected chi connectivity index (χ1v) is 6.56. The van der Waals surface area contributed by atoms with Crippen LogP contribution in [0.15, 0.2) is 12.3 Å². The third-order valence-corrected chi connectivity index (χ3v) is 3.46. The number of likely N-dealkylation sites (N-methyl/N-ethyl adjacent to an activating group) is 1. The molecule has 0 radical (unpaired) electrons. The molecule has 1 fully saturated rings. The average molecular weight is 236 g/mol. The van der Waals surface area contributed by atoms with E-state index in [1.165, 1.54) is 18.5 Å². The minimum atomic E-state index is 0.465. The number of nitrogens with one attached hydrogen (secondary N) is 1. The van der Waals surface area contributed by atoms with E-state index in [1.807, 2.05) is 0 Å². The van der Waals surface area contributed by atoms with E-state index in [-0.39, 0.29) is 0 Å². The van der Waals surface area contributed by atoms with E-state index >= 15 is 0 Å². The molecular formula is C13H24N4. The third kappa shape index (κ3) is 3.54. The van der Waals surface area contributed by atoms with Gasteiger partial charge in [-0.3, -0.25) is 4.68 Å². The van der Waals surface area contributed by atoms with Gasteiger partial charge in [0.1, 0.15) is 0 Å². The molecule has 0 aromatic carbocycles. The van der Waals surface area contributed by atoms with Crippen LogP contribution in [0.2, 0.25) is 0 Å². The maximum absolute atomic E-state index is 4.66. The number of piperidine rings is 1. The van der Waals surface area contributed by atoms with Gasteiger partial charge in [-0.15, -0.1) is 0 Å². The Morgan fingerprint density at radius 3 is 2.94 bits per heavy atom. The van der Waals surface area contributed by atoms with Crippen LogP contribution in [0, 0.1) is 5.92 Å². The highest BCUT2D eigenvalue weighted by Gasteiger charge is 2.20. The van der Waals surface area contributed by atoms with Gasteiger partial charge >= 0.3 is 0 Å². The molecule has 2 atom stereocenters. The Bertz CT molecular complexity index is 337. The lowest BCUT2D eigenvalue weighted by Crippen LogP contribution is -2.32. The van der Waals surface area contributed by atoms with Gasteiger partial charge < -0.3 is 10.2 Å². The summed E-state index contributed by atoms with van der Waals surface area (Å²) in [5.74, 6) is 0.807. The topological polar surface area (TPSA) is 33.1 Å². The van der Waals surface area contributed by atoms with Crippen LogP contribution in [0.5, 0.6) is 0 Å². The molecule has 17 heavy (non-hydrogen) atoms. The molecule has 96 valence electrons. The summed E-state index contributed by atoms with van der Waals surface area (Å²) in [4.78, 5) is 2.18. The molecule has 1 saturated heterocycles. The molecule has 1 aromatic heterocycles. The lowest BCUT2D eigenvalue weighted by molar-refractivity contribution is 0.324. The number of hydrogen-bond acceptors (Lipinski definition) is 3. The number of nitrogens with zero attached hydrogens (tertiary/aromatic N) is 3. The van der Waals surface area contributed by atoms with Gasteiger partial charge in [-0.05, 0) is 45.5 Å². The third-order valence-electron chi connectivity index (χ3n) is 3.46. The van der Waals surface area contributed by atoms with Gasteiger partial charge in [0.2, 0.25) is 0 Å². The van der Waals surface area contributed by atoms with Crippen molar-refractivity contribution < 1.29 is 0 Å². The Morgan fingerprint density at radius 1 is 1.47 bits per heavy atom. The molecular weight excluding hydrogens is 212 g/mol. The van der Waals surface area contributed by atoms with Crippen molar-refractivity contribution in [3.8, 4) is 0 Å². The highest BCUT2D eigenvalue weighted by atomic mass is 15.3. The van der Waals surface area contributed by atoms with Crippen molar-refractivity contribution in [2.24, 2.45) is 5.92 Å². The van der Waals surface area contributed by atoms with E-state index in [0.717, 1.165) is 25.6 Å². The summed E-state index contributed by atoms with van der Waals surface area (Å²) < 4.78 is 2.05. The quantitative estimate of drug-likeness (QED) is 0.860. The van der Waals surface area contributed by atoms with E-state index in [9.17, 15) is 0 Å². The lowest BCUT2D eigenvalue weighted by Gasteiger charge is -2.26. The molecule has 4 heteroatoms. The predicted octanol–water partition coefficient (Wildman–Crippen LogP) is 1.51. The molecule has 0 unspecified atom stereocenters. The van der Waals surface area contributed by atoms with Crippen molar-refractivity contribution >= 4 is 0 Å². The molecule has 0 aliphatic carbocycles. The first-order valence-electron chi connectivity index (χ1n) is 6.56. The van der Waals surface area contributed by atoms with Crippen molar-refractivity contribution in [1.82, 2.24) is 20.0 Å². The van der Waals surface area contributed by atoms with Crippen LogP contribution < -0.4 is 5.32 Å². The van der Waals surface area contributed by atoms with Gasteiger partial charge in [-0.1, -0.05) is 6.92 Å². The van der Waals surface area contributed by atoms with Crippen LogP contribution in [0.4, 0.5) is 0 Å². The summed E-state index contributed by atoms with van der Waals surface area (Å²) in [6.07, 6.45) is 4.62.